The molecule has 32 heavy (non-hydrogen) atoms. The molecule has 1 N–H and O–H groups in total. The molecule has 0 aliphatic carbocycles. The number of aryl methyl sites for hydroxylation is 1. The summed E-state index contributed by atoms with van der Waals surface area (Å²) in [6.07, 6.45) is 1.44. The number of rotatable bonds is 3. The number of amides is 3. The normalized spacial score (nSPS) is 16.5. The molecule has 0 spiro atoms. The predicted octanol–water partition coefficient (Wildman–Crippen LogP) is 1.52. The van der Waals surface area contributed by atoms with Gasteiger partial charge in [-0.2, -0.15) is 0 Å². The summed E-state index contributed by atoms with van der Waals surface area (Å²) < 4.78 is 27.8. The third-order valence-corrected chi connectivity index (χ3v) is 8.85. The van der Waals surface area contributed by atoms with Crippen LogP contribution in [-0.4, -0.2) is 68.7 Å². The van der Waals surface area contributed by atoms with Crippen LogP contribution >= 0.6 is 11.3 Å². The molecule has 2 aliphatic rings. The Morgan fingerprint density at radius 3 is 2.38 bits per heavy atom. The zero-order chi connectivity index (χ0) is 22.9. The van der Waals surface area contributed by atoms with E-state index >= 15 is 0 Å². The highest BCUT2D eigenvalue weighted by atomic mass is 32.2. The lowest BCUT2D eigenvalue weighted by molar-refractivity contribution is -0.145. The van der Waals surface area contributed by atoms with E-state index in [1.807, 2.05) is 0 Å². The van der Waals surface area contributed by atoms with Crippen molar-refractivity contribution in [1.29, 1.82) is 0 Å². The quantitative estimate of drug-likeness (QED) is 0.676. The Morgan fingerprint density at radius 2 is 1.72 bits per heavy atom. The van der Waals surface area contributed by atoms with Crippen LogP contribution in [0.15, 0.2) is 39.9 Å². The number of sulfonamides is 1. The molecule has 0 saturated carbocycles. The van der Waals surface area contributed by atoms with Crippen LogP contribution in [0, 0.1) is 0 Å². The molecule has 3 amide bonds. The van der Waals surface area contributed by atoms with Gasteiger partial charge in [-0.25, -0.2) is 8.42 Å². The molecule has 9 nitrogen and oxygen atoms in total. The van der Waals surface area contributed by atoms with Crippen LogP contribution in [0.3, 0.4) is 0 Å². The second-order valence-corrected chi connectivity index (χ2v) is 10.7. The monoisotopic (exact) mass is 476 g/mol. The molecule has 2 aromatic rings. The Labute approximate surface area is 190 Å². The van der Waals surface area contributed by atoms with Gasteiger partial charge in [-0.15, -0.1) is 11.3 Å². The number of thiophene rings is 1. The lowest BCUT2D eigenvalue weighted by Gasteiger charge is -2.33. The van der Waals surface area contributed by atoms with Crippen molar-refractivity contribution in [1.82, 2.24) is 9.80 Å². The molecule has 0 unspecified atom stereocenters. The number of carbonyl (C=O) groups excluding carboxylic acids is 3. The summed E-state index contributed by atoms with van der Waals surface area (Å²) in [5, 5.41) is 4.32. The maximum Gasteiger partial charge on any atom is 0.313 e. The van der Waals surface area contributed by atoms with Crippen molar-refractivity contribution in [3.05, 3.63) is 41.3 Å². The van der Waals surface area contributed by atoms with Crippen LogP contribution in [0.4, 0.5) is 11.4 Å². The standard InChI is InChI=1S/C21H24N4O5S2/c1-15(26)23-9-11-24(12-10-23)21(28)20(27)22-17-7-6-16-4-2-8-25(18(16)14-17)32(29,30)19-5-3-13-31-19/h3,5-7,13-14H,2,4,8-12H2,1H3,(H,22,27). The minimum absolute atomic E-state index is 0.0577. The number of anilines is 2. The third kappa shape index (κ3) is 4.35. The van der Waals surface area contributed by atoms with Crippen LogP contribution in [-0.2, 0) is 30.8 Å². The fourth-order valence-corrected chi connectivity index (χ4v) is 6.58. The van der Waals surface area contributed by atoms with E-state index in [1.54, 1.807) is 40.6 Å². The minimum Gasteiger partial charge on any atom is -0.339 e. The number of nitrogens with zero attached hydrogens (tertiary/aromatic N) is 3. The van der Waals surface area contributed by atoms with Gasteiger partial charge < -0.3 is 15.1 Å². The van der Waals surface area contributed by atoms with E-state index in [1.165, 1.54) is 16.1 Å². The molecule has 0 atom stereocenters. The maximum atomic E-state index is 13.1. The van der Waals surface area contributed by atoms with E-state index in [-0.39, 0.29) is 10.1 Å². The van der Waals surface area contributed by atoms with Gasteiger partial charge >= 0.3 is 11.8 Å². The smallest absolute Gasteiger partial charge is 0.313 e. The molecule has 0 radical (unpaired) electrons. The van der Waals surface area contributed by atoms with Gasteiger partial charge in [-0.3, -0.25) is 18.7 Å². The van der Waals surface area contributed by atoms with E-state index in [4.69, 9.17) is 0 Å². The van der Waals surface area contributed by atoms with Gasteiger partial charge in [0, 0.05) is 45.3 Å². The molecule has 1 saturated heterocycles. The van der Waals surface area contributed by atoms with Gasteiger partial charge in [-0.1, -0.05) is 12.1 Å². The second kappa shape index (κ2) is 8.91. The third-order valence-electron chi connectivity index (χ3n) is 5.67. The molecule has 1 fully saturated rings. The molecule has 3 heterocycles. The van der Waals surface area contributed by atoms with Gasteiger partial charge in [-0.05, 0) is 42.0 Å². The lowest BCUT2D eigenvalue weighted by Crippen LogP contribution is -2.52. The molecule has 4 rings (SSSR count). The van der Waals surface area contributed by atoms with Gasteiger partial charge in [0.2, 0.25) is 5.91 Å². The van der Waals surface area contributed by atoms with Crippen LogP contribution in [0.5, 0.6) is 0 Å². The van der Waals surface area contributed by atoms with E-state index in [2.05, 4.69) is 5.32 Å². The van der Waals surface area contributed by atoms with Crippen molar-refractivity contribution >= 4 is 50.5 Å². The predicted molar refractivity (Wildman–Crippen MR) is 121 cm³/mol. The Kier molecular flexibility index (Phi) is 6.20. The fourth-order valence-electron chi connectivity index (χ4n) is 3.94. The summed E-state index contributed by atoms with van der Waals surface area (Å²) >= 11 is 1.16. The van der Waals surface area contributed by atoms with Crippen molar-refractivity contribution in [3.8, 4) is 0 Å². The number of fused-ring (bicyclic) bond motifs is 1. The average molecular weight is 477 g/mol. The van der Waals surface area contributed by atoms with E-state index in [9.17, 15) is 22.8 Å². The van der Waals surface area contributed by atoms with Crippen molar-refractivity contribution in [2.24, 2.45) is 0 Å². The van der Waals surface area contributed by atoms with Crippen LogP contribution in [0.25, 0.3) is 0 Å². The number of nitrogens with one attached hydrogen (secondary N) is 1. The Bertz CT molecular complexity index is 1140. The van der Waals surface area contributed by atoms with Crippen LogP contribution in [0.2, 0.25) is 0 Å². The highest BCUT2D eigenvalue weighted by Gasteiger charge is 2.31. The van der Waals surface area contributed by atoms with Crippen LogP contribution < -0.4 is 9.62 Å². The number of hydrogen-bond donors (Lipinski definition) is 1. The SMILES string of the molecule is CC(=O)N1CCN(C(=O)C(=O)Nc2ccc3c(c2)N(S(=O)(=O)c2cccs2)CCC3)CC1. The Balaban J connectivity index is 1.50. The molecular formula is C21H24N4O5S2. The molecule has 1 aromatic heterocycles. The molecule has 11 heteroatoms. The second-order valence-electron chi connectivity index (χ2n) is 7.71. The van der Waals surface area contributed by atoms with Crippen molar-refractivity contribution in [2.75, 3.05) is 42.3 Å². The number of hydrogen-bond acceptors (Lipinski definition) is 6. The zero-order valence-corrected chi connectivity index (χ0v) is 19.2. The summed E-state index contributed by atoms with van der Waals surface area (Å²) in [5.41, 5.74) is 1.75. The topological polar surface area (TPSA) is 107 Å². The van der Waals surface area contributed by atoms with Gasteiger partial charge in [0.15, 0.2) is 0 Å². The van der Waals surface area contributed by atoms with Crippen molar-refractivity contribution < 1.29 is 22.8 Å². The van der Waals surface area contributed by atoms with Gasteiger partial charge in [0.1, 0.15) is 4.21 Å². The van der Waals surface area contributed by atoms with E-state index in [0.717, 1.165) is 23.3 Å². The van der Waals surface area contributed by atoms with Gasteiger partial charge in [0.25, 0.3) is 10.0 Å². The highest BCUT2D eigenvalue weighted by Crippen LogP contribution is 2.35. The number of piperazine rings is 1. The lowest BCUT2D eigenvalue weighted by atomic mass is 10.0. The summed E-state index contributed by atoms with van der Waals surface area (Å²) in [6, 6.07) is 8.35. The first-order chi connectivity index (χ1) is 15.3. The minimum atomic E-state index is -3.69. The highest BCUT2D eigenvalue weighted by molar-refractivity contribution is 7.94. The Hall–Kier alpha value is -2.92. The summed E-state index contributed by atoms with van der Waals surface area (Å²) in [4.78, 5) is 39.6. The van der Waals surface area contributed by atoms with Crippen molar-refractivity contribution in [3.63, 3.8) is 0 Å². The van der Waals surface area contributed by atoms with E-state index in [0.29, 0.717) is 50.5 Å². The van der Waals surface area contributed by atoms with Crippen molar-refractivity contribution in [2.45, 2.75) is 24.0 Å². The summed E-state index contributed by atoms with van der Waals surface area (Å²) in [6.45, 7) is 3.20. The van der Waals surface area contributed by atoms with Crippen LogP contribution in [0.1, 0.15) is 18.9 Å². The molecule has 170 valence electrons. The summed E-state index contributed by atoms with van der Waals surface area (Å²) in [5.74, 6) is -1.52. The average Bonchev–Trinajstić information content (AvgIpc) is 3.34. The Morgan fingerprint density at radius 1 is 1.00 bits per heavy atom. The first kappa shape index (κ1) is 22.3. The zero-order valence-electron chi connectivity index (χ0n) is 17.6. The molecular weight excluding hydrogens is 452 g/mol. The molecule has 0 bridgehead atoms. The van der Waals surface area contributed by atoms with Gasteiger partial charge in [0.05, 0.1) is 5.69 Å². The first-order valence-electron chi connectivity index (χ1n) is 10.3. The maximum absolute atomic E-state index is 13.1. The molecule has 2 aliphatic heterocycles. The van der Waals surface area contributed by atoms with E-state index < -0.39 is 21.8 Å². The number of carbonyl (C=O) groups is 3. The summed E-state index contributed by atoms with van der Waals surface area (Å²) in [7, 11) is -3.69. The first-order valence-corrected chi connectivity index (χ1v) is 12.6. The fraction of sp³-hybridized carbons (Fsp3) is 0.381. The number of benzene rings is 1. The molecule has 1 aromatic carbocycles. The largest absolute Gasteiger partial charge is 0.339 e.